The number of aliphatic carboxylic acids is 2. The summed E-state index contributed by atoms with van der Waals surface area (Å²) in [5.41, 5.74) is 10.9. The molecule has 0 saturated heterocycles. The van der Waals surface area contributed by atoms with Gasteiger partial charge in [-0.1, -0.05) is 248 Å². The maximum absolute atomic E-state index is 12.4. The Morgan fingerprint density at radius 3 is 0.631 bits per heavy atom. The van der Waals surface area contributed by atoms with Crippen LogP contribution in [-0.2, 0) is 42.1 Å². The van der Waals surface area contributed by atoms with Crippen LogP contribution in [0.15, 0.2) is 215 Å². The van der Waals surface area contributed by atoms with Gasteiger partial charge in [0.05, 0.1) is 0 Å². The van der Waals surface area contributed by atoms with Gasteiger partial charge in [-0.05, 0) is 33.4 Å². The zero-order valence-corrected chi connectivity index (χ0v) is 41.1. The minimum absolute atomic E-state index is 0. The number of carbonyl (C=O) groups is 2. The fourth-order valence-electron chi connectivity index (χ4n) is 8.68. The molecule has 6 aromatic rings. The van der Waals surface area contributed by atoms with Crippen LogP contribution in [-0.4, -0.2) is 22.2 Å². The third-order valence-electron chi connectivity index (χ3n) is 13.0. The molecule has 0 atom stereocenters. The SMILES string of the molecule is CC1=[C-]C(C)(C)C(C)=C1C.CC1=[C-]C(C)(C)C(C)=C1C.O=C(O)C(c1ccccc1)(c1ccccc1)c1ccccc1.O=C(O)C(c1ccccc1)(c1ccccc1)c1ccccc1.[Ti+2]. The number of hydrogen-bond donors (Lipinski definition) is 2. The Kier molecular flexibility index (Phi) is 17.6. The molecule has 0 radical (unpaired) electrons. The first-order valence-electron chi connectivity index (χ1n) is 21.8. The van der Waals surface area contributed by atoms with Gasteiger partial charge in [-0.2, -0.15) is 22.3 Å². The van der Waals surface area contributed by atoms with Crippen LogP contribution in [0.5, 0.6) is 0 Å². The number of carboxylic acid groups (broad SMARTS) is 2. The topological polar surface area (TPSA) is 74.6 Å². The fraction of sp³-hybridized carbons (Fsp3) is 0.233. The average molecular weight is 895 g/mol. The fourth-order valence-corrected chi connectivity index (χ4v) is 8.68. The smallest absolute Gasteiger partial charge is 0.480 e. The summed E-state index contributed by atoms with van der Waals surface area (Å²) < 4.78 is 0. The summed E-state index contributed by atoms with van der Waals surface area (Å²) >= 11 is 0. The molecule has 0 fully saturated rings. The molecule has 2 aliphatic carbocycles. The molecule has 5 heteroatoms. The van der Waals surface area contributed by atoms with Crippen molar-refractivity contribution in [1.29, 1.82) is 0 Å². The van der Waals surface area contributed by atoms with Gasteiger partial charge < -0.3 is 10.2 Å². The van der Waals surface area contributed by atoms with Crippen LogP contribution in [0, 0.1) is 23.0 Å². The Morgan fingerprint density at radius 2 is 0.538 bits per heavy atom. The molecule has 0 aromatic heterocycles. The maximum atomic E-state index is 12.4. The monoisotopic (exact) mass is 894 g/mol. The van der Waals surface area contributed by atoms with Gasteiger partial charge >= 0.3 is 33.7 Å². The molecule has 4 nitrogen and oxygen atoms in total. The third kappa shape index (κ3) is 11.1. The van der Waals surface area contributed by atoms with Crippen molar-refractivity contribution in [1.82, 2.24) is 0 Å². The Morgan fingerprint density at radius 1 is 0.369 bits per heavy atom. The second kappa shape index (κ2) is 22.2. The van der Waals surface area contributed by atoms with Crippen molar-refractivity contribution in [2.75, 3.05) is 0 Å². The van der Waals surface area contributed by atoms with Gasteiger partial charge in [-0.3, -0.25) is 21.7 Å². The van der Waals surface area contributed by atoms with Gasteiger partial charge in [0.2, 0.25) is 0 Å². The quantitative estimate of drug-likeness (QED) is 0.0907. The predicted molar refractivity (Wildman–Crippen MR) is 263 cm³/mol. The van der Waals surface area contributed by atoms with Gasteiger partial charge in [0.15, 0.2) is 0 Å². The molecule has 6 aromatic carbocycles. The van der Waals surface area contributed by atoms with Crippen LogP contribution >= 0.6 is 0 Å². The van der Waals surface area contributed by atoms with E-state index in [4.69, 9.17) is 0 Å². The van der Waals surface area contributed by atoms with E-state index in [2.05, 4.69) is 81.4 Å². The molecule has 0 amide bonds. The molecular formula is C60H62O4Ti. The molecular weight excluding hydrogens is 833 g/mol. The first-order chi connectivity index (χ1) is 30.4. The number of benzene rings is 6. The molecule has 2 aliphatic rings. The van der Waals surface area contributed by atoms with Crippen LogP contribution in [0.25, 0.3) is 0 Å². The van der Waals surface area contributed by atoms with E-state index in [0.29, 0.717) is 0 Å². The minimum Gasteiger partial charge on any atom is -0.480 e. The minimum atomic E-state index is -1.20. The van der Waals surface area contributed by atoms with Crippen LogP contribution in [0.2, 0.25) is 0 Å². The number of hydrogen-bond acceptors (Lipinski definition) is 2. The number of allylic oxidation sites excluding steroid dienone is 8. The summed E-state index contributed by atoms with van der Waals surface area (Å²) in [6.07, 6.45) is 6.87. The van der Waals surface area contributed by atoms with Gasteiger partial charge in [0.25, 0.3) is 0 Å². The normalized spacial score (nSPS) is 14.7. The van der Waals surface area contributed by atoms with Crippen molar-refractivity contribution in [2.24, 2.45) is 10.8 Å². The van der Waals surface area contributed by atoms with Crippen LogP contribution in [0.1, 0.15) is 103 Å². The number of rotatable bonds is 8. The van der Waals surface area contributed by atoms with E-state index in [1.807, 2.05) is 182 Å². The largest absolute Gasteiger partial charge is 2.00 e. The summed E-state index contributed by atoms with van der Waals surface area (Å²) in [7, 11) is 0. The molecule has 0 saturated carbocycles. The van der Waals surface area contributed by atoms with E-state index in [0.717, 1.165) is 33.4 Å². The summed E-state index contributed by atoms with van der Waals surface area (Å²) in [4.78, 5) is 24.8. The van der Waals surface area contributed by atoms with Crippen molar-refractivity contribution in [3.05, 3.63) is 261 Å². The van der Waals surface area contributed by atoms with Gasteiger partial charge in [-0.15, -0.1) is 13.8 Å². The summed E-state index contributed by atoms with van der Waals surface area (Å²) in [5, 5.41) is 20.4. The van der Waals surface area contributed by atoms with E-state index < -0.39 is 22.8 Å². The molecule has 0 unspecified atom stereocenters. The predicted octanol–water partition coefficient (Wildman–Crippen LogP) is 14.4. The Hall–Kier alpha value is -6.07. The molecule has 65 heavy (non-hydrogen) atoms. The summed E-state index contributed by atoms with van der Waals surface area (Å²) in [6.45, 7) is 21.8. The van der Waals surface area contributed by atoms with E-state index >= 15 is 0 Å². The van der Waals surface area contributed by atoms with Crippen molar-refractivity contribution >= 4 is 11.9 Å². The van der Waals surface area contributed by atoms with Crippen molar-refractivity contribution in [3.8, 4) is 0 Å². The van der Waals surface area contributed by atoms with Crippen LogP contribution < -0.4 is 0 Å². The van der Waals surface area contributed by atoms with E-state index in [1.54, 1.807) is 0 Å². The first kappa shape index (κ1) is 51.6. The first-order valence-corrected chi connectivity index (χ1v) is 21.8. The summed E-state index contributed by atoms with van der Waals surface area (Å²) in [5.74, 6) is -1.76. The molecule has 8 rings (SSSR count). The van der Waals surface area contributed by atoms with Crippen molar-refractivity contribution < 1.29 is 41.5 Å². The van der Waals surface area contributed by atoms with Crippen LogP contribution in [0.3, 0.4) is 0 Å². The molecule has 0 aliphatic heterocycles. The Labute approximate surface area is 403 Å². The van der Waals surface area contributed by atoms with Crippen LogP contribution in [0.4, 0.5) is 0 Å². The molecule has 0 bridgehead atoms. The van der Waals surface area contributed by atoms with E-state index in [9.17, 15) is 19.8 Å². The zero-order valence-electron chi connectivity index (χ0n) is 39.5. The average Bonchev–Trinajstić information content (AvgIpc) is 3.60. The third-order valence-corrected chi connectivity index (χ3v) is 13.0. The maximum Gasteiger partial charge on any atom is 2.00 e. The van der Waals surface area contributed by atoms with Gasteiger partial charge in [-0.25, -0.2) is 11.1 Å². The molecule has 2 N–H and O–H groups in total. The molecule has 0 spiro atoms. The zero-order chi connectivity index (χ0) is 46.7. The van der Waals surface area contributed by atoms with Crippen molar-refractivity contribution in [2.45, 2.75) is 80.1 Å². The second-order valence-electron chi connectivity index (χ2n) is 17.6. The Bertz CT molecular complexity index is 2240. The van der Waals surface area contributed by atoms with Gasteiger partial charge in [0.1, 0.15) is 10.8 Å². The summed E-state index contributed by atoms with van der Waals surface area (Å²) in [6, 6.07) is 56.3. The van der Waals surface area contributed by atoms with Gasteiger partial charge in [0, 0.05) is 0 Å². The van der Waals surface area contributed by atoms with E-state index in [1.165, 1.54) is 33.4 Å². The standard InChI is InChI=1S/2C20H16O2.2C10H15.Ti/c2*21-19(22)20(16-10-4-1-5-11-16,17-12-6-2-7-13-17)18-14-8-3-9-15-18;2*1-7-6-10(4,5)9(3)8(7)2;/h2*1-15H,(H,21,22);2*1-5H3;/q;;2*-1;+2. The molecule has 0 heterocycles. The van der Waals surface area contributed by atoms with E-state index in [-0.39, 0.29) is 32.5 Å². The molecule has 330 valence electrons. The van der Waals surface area contributed by atoms with Crippen molar-refractivity contribution in [3.63, 3.8) is 0 Å². The second-order valence-corrected chi connectivity index (χ2v) is 17.6. The Balaban J connectivity index is 0.000000201. The number of carboxylic acids is 2.